The number of aryl methyl sites for hydroxylation is 1. The molecule has 0 aliphatic carbocycles. The lowest BCUT2D eigenvalue weighted by molar-refractivity contribution is -0.107. The van der Waals surface area contributed by atoms with E-state index in [4.69, 9.17) is 4.74 Å². The molecule has 0 radical (unpaired) electrons. The van der Waals surface area contributed by atoms with Crippen molar-refractivity contribution in [1.82, 2.24) is 4.98 Å². The molecule has 0 saturated heterocycles. The smallest absolute Gasteiger partial charge is 0.140 e. The molecule has 70 valence electrons. The van der Waals surface area contributed by atoms with Crippen LogP contribution in [-0.4, -0.2) is 18.4 Å². The van der Waals surface area contributed by atoms with Crippen LogP contribution in [0.5, 0.6) is 5.75 Å². The zero-order chi connectivity index (χ0) is 9.52. The summed E-state index contributed by atoms with van der Waals surface area (Å²) in [6.07, 6.45) is 4.87. The number of aromatic nitrogens is 1. The van der Waals surface area contributed by atoms with Crippen molar-refractivity contribution in [3.05, 3.63) is 24.0 Å². The highest BCUT2D eigenvalue weighted by molar-refractivity contribution is 5.49. The summed E-state index contributed by atoms with van der Waals surface area (Å²) in [4.78, 5) is 14.3. The molecular formula is C10H13NO2. The quantitative estimate of drug-likeness (QED) is 0.509. The van der Waals surface area contributed by atoms with Crippen LogP contribution >= 0.6 is 0 Å². The molecule has 13 heavy (non-hydrogen) atoms. The molecule has 0 aliphatic heterocycles. The van der Waals surface area contributed by atoms with Gasteiger partial charge in [0.15, 0.2) is 0 Å². The Kier molecular flexibility index (Phi) is 3.96. The van der Waals surface area contributed by atoms with Crippen LogP contribution in [0.1, 0.15) is 18.5 Å². The van der Waals surface area contributed by atoms with Crippen molar-refractivity contribution >= 4 is 6.29 Å². The Morgan fingerprint density at radius 3 is 3.15 bits per heavy atom. The molecule has 1 rings (SSSR count). The topological polar surface area (TPSA) is 39.2 Å². The van der Waals surface area contributed by atoms with Crippen molar-refractivity contribution in [2.75, 3.05) is 7.11 Å². The van der Waals surface area contributed by atoms with E-state index in [1.165, 1.54) is 0 Å². The average Bonchev–Trinajstić information content (AvgIpc) is 2.19. The third-order valence-corrected chi connectivity index (χ3v) is 1.80. The SMILES string of the molecule is COc1cccnc1CCCC=O. The van der Waals surface area contributed by atoms with Crippen LogP contribution in [0.15, 0.2) is 18.3 Å². The Morgan fingerprint density at radius 2 is 2.46 bits per heavy atom. The number of unbranched alkanes of at least 4 members (excludes halogenated alkanes) is 1. The molecule has 0 amide bonds. The highest BCUT2D eigenvalue weighted by Gasteiger charge is 2.01. The highest BCUT2D eigenvalue weighted by Crippen LogP contribution is 2.16. The molecule has 1 aromatic rings. The number of pyridine rings is 1. The summed E-state index contributed by atoms with van der Waals surface area (Å²) in [5, 5.41) is 0. The van der Waals surface area contributed by atoms with Gasteiger partial charge in [0.2, 0.25) is 0 Å². The molecule has 0 unspecified atom stereocenters. The van der Waals surface area contributed by atoms with Gasteiger partial charge < -0.3 is 9.53 Å². The maximum absolute atomic E-state index is 10.1. The first kappa shape index (κ1) is 9.71. The minimum atomic E-state index is 0.583. The molecule has 0 fully saturated rings. The molecule has 0 aromatic carbocycles. The molecule has 0 N–H and O–H groups in total. The third-order valence-electron chi connectivity index (χ3n) is 1.80. The lowest BCUT2D eigenvalue weighted by Gasteiger charge is -2.04. The predicted molar refractivity (Wildman–Crippen MR) is 49.8 cm³/mol. The Labute approximate surface area is 77.8 Å². The lowest BCUT2D eigenvalue weighted by Crippen LogP contribution is -1.95. The third kappa shape index (κ3) is 2.86. The van der Waals surface area contributed by atoms with E-state index >= 15 is 0 Å². The maximum atomic E-state index is 10.1. The van der Waals surface area contributed by atoms with E-state index in [1.54, 1.807) is 13.3 Å². The van der Waals surface area contributed by atoms with Gasteiger partial charge in [-0.15, -0.1) is 0 Å². The minimum absolute atomic E-state index is 0.583. The van der Waals surface area contributed by atoms with Crippen molar-refractivity contribution < 1.29 is 9.53 Å². The monoisotopic (exact) mass is 179 g/mol. The Balaban J connectivity index is 2.58. The fourth-order valence-electron chi connectivity index (χ4n) is 1.15. The zero-order valence-corrected chi connectivity index (χ0v) is 7.69. The fraction of sp³-hybridized carbons (Fsp3) is 0.400. The van der Waals surface area contributed by atoms with Crippen molar-refractivity contribution in [3.8, 4) is 5.75 Å². The summed E-state index contributed by atoms with van der Waals surface area (Å²) in [6, 6.07) is 3.71. The van der Waals surface area contributed by atoms with Crippen LogP contribution < -0.4 is 4.74 Å². The van der Waals surface area contributed by atoms with Crippen molar-refractivity contribution in [2.45, 2.75) is 19.3 Å². The van der Waals surface area contributed by atoms with Gasteiger partial charge in [-0.25, -0.2) is 0 Å². The molecule has 3 heteroatoms. The average molecular weight is 179 g/mol. The molecule has 1 aromatic heterocycles. The number of hydrogen-bond donors (Lipinski definition) is 0. The van der Waals surface area contributed by atoms with Crippen molar-refractivity contribution in [3.63, 3.8) is 0 Å². The number of rotatable bonds is 5. The van der Waals surface area contributed by atoms with Gasteiger partial charge in [-0.1, -0.05) is 0 Å². The van der Waals surface area contributed by atoms with E-state index in [0.29, 0.717) is 6.42 Å². The van der Waals surface area contributed by atoms with Crippen LogP contribution in [0.25, 0.3) is 0 Å². The Bertz CT molecular complexity index is 273. The van der Waals surface area contributed by atoms with Gasteiger partial charge in [-0.2, -0.15) is 0 Å². The van der Waals surface area contributed by atoms with Gasteiger partial charge in [0.05, 0.1) is 12.8 Å². The van der Waals surface area contributed by atoms with Gasteiger partial charge in [0.25, 0.3) is 0 Å². The summed E-state index contributed by atoms with van der Waals surface area (Å²) in [6.45, 7) is 0. The second kappa shape index (κ2) is 5.30. The number of nitrogens with zero attached hydrogens (tertiary/aromatic N) is 1. The summed E-state index contributed by atoms with van der Waals surface area (Å²) in [7, 11) is 1.63. The number of methoxy groups -OCH3 is 1. The van der Waals surface area contributed by atoms with Gasteiger partial charge in [-0.05, 0) is 25.0 Å². The van der Waals surface area contributed by atoms with Crippen molar-refractivity contribution in [2.24, 2.45) is 0 Å². The molecule has 0 atom stereocenters. The van der Waals surface area contributed by atoms with Gasteiger partial charge in [0.1, 0.15) is 12.0 Å². The van der Waals surface area contributed by atoms with Crippen molar-refractivity contribution in [1.29, 1.82) is 0 Å². The summed E-state index contributed by atoms with van der Waals surface area (Å²) in [5.74, 6) is 0.799. The Hall–Kier alpha value is -1.38. The molecule has 0 saturated carbocycles. The van der Waals surface area contributed by atoms with Gasteiger partial charge in [-0.3, -0.25) is 4.98 Å². The van der Waals surface area contributed by atoms with E-state index in [1.807, 2.05) is 12.1 Å². The second-order valence-electron chi connectivity index (χ2n) is 2.71. The van der Waals surface area contributed by atoms with E-state index in [2.05, 4.69) is 4.98 Å². The molecular weight excluding hydrogens is 166 g/mol. The predicted octanol–water partition coefficient (Wildman–Crippen LogP) is 1.61. The van der Waals surface area contributed by atoms with E-state index < -0.39 is 0 Å². The van der Waals surface area contributed by atoms with Crippen LogP contribution in [0.4, 0.5) is 0 Å². The second-order valence-corrected chi connectivity index (χ2v) is 2.71. The van der Waals surface area contributed by atoms with E-state index in [0.717, 1.165) is 30.6 Å². The highest BCUT2D eigenvalue weighted by atomic mass is 16.5. The zero-order valence-electron chi connectivity index (χ0n) is 7.69. The first-order chi connectivity index (χ1) is 6.38. The van der Waals surface area contributed by atoms with E-state index in [9.17, 15) is 4.79 Å². The summed E-state index contributed by atoms with van der Waals surface area (Å²) in [5.41, 5.74) is 0.923. The minimum Gasteiger partial charge on any atom is -0.495 e. The number of ether oxygens (including phenoxy) is 1. The number of aldehydes is 1. The van der Waals surface area contributed by atoms with Gasteiger partial charge in [0, 0.05) is 12.6 Å². The largest absolute Gasteiger partial charge is 0.495 e. The summed E-state index contributed by atoms with van der Waals surface area (Å²) < 4.78 is 5.13. The first-order valence-corrected chi connectivity index (χ1v) is 4.30. The summed E-state index contributed by atoms with van der Waals surface area (Å²) >= 11 is 0. The molecule has 0 bridgehead atoms. The molecule has 3 nitrogen and oxygen atoms in total. The first-order valence-electron chi connectivity index (χ1n) is 4.30. The Morgan fingerprint density at radius 1 is 1.62 bits per heavy atom. The normalized spacial score (nSPS) is 9.62. The molecule has 0 aliphatic rings. The maximum Gasteiger partial charge on any atom is 0.140 e. The number of carbonyl (C=O) groups excluding carboxylic acids is 1. The number of carbonyl (C=O) groups is 1. The molecule has 0 spiro atoms. The van der Waals surface area contributed by atoms with E-state index in [-0.39, 0.29) is 0 Å². The molecule has 1 heterocycles. The standard InChI is InChI=1S/C10H13NO2/c1-13-10-6-4-7-11-9(10)5-2-3-8-12/h4,6-8H,2-3,5H2,1H3. The number of hydrogen-bond acceptors (Lipinski definition) is 3. The van der Waals surface area contributed by atoms with Crippen LogP contribution in [0.2, 0.25) is 0 Å². The lowest BCUT2D eigenvalue weighted by atomic mass is 10.2. The van der Waals surface area contributed by atoms with Gasteiger partial charge >= 0.3 is 0 Å². The van der Waals surface area contributed by atoms with Crippen LogP contribution in [-0.2, 0) is 11.2 Å². The van der Waals surface area contributed by atoms with Crippen LogP contribution in [0, 0.1) is 0 Å². The van der Waals surface area contributed by atoms with Crippen LogP contribution in [0.3, 0.4) is 0 Å². The fourth-order valence-corrected chi connectivity index (χ4v) is 1.15.